The lowest BCUT2D eigenvalue weighted by Gasteiger charge is -2.12. The Kier molecular flexibility index (Phi) is 6.84. The van der Waals surface area contributed by atoms with Gasteiger partial charge in [-0.15, -0.1) is 0 Å². The van der Waals surface area contributed by atoms with Gasteiger partial charge in [0.25, 0.3) is 11.8 Å². The average Bonchev–Trinajstić information content (AvgIpc) is 2.64. The van der Waals surface area contributed by atoms with Crippen LogP contribution in [0.3, 0.4) is 0 Å². The zero-order valence-electron chi connectivity index (χ0n) is 15.0. The van der Waals surface area contributed by atoms with Gasteiger partial charge >= 0.3 is 0 Å². The summed E-state index contributed by atoms with van der Waals surface area (Å²) in [6.07, 6.45) is 0. The van der Waals surface area contributed by atoms with Crippen LogP contribution < -0.4 is 25.1 Å². The van der Waals surface area contributed by atoms with Crippen LogP contribution in [-0.2, 0) is 9.59 Å². The number of hydrogen-bond acceptors (Lipinski definition) is 5. The van der Waals surface area contributed by atoms with Gasteiger partial charge in [-0.2, -0.15) is 0 Å². The van der Waals surface area contributed by atoms with Crippen LogP contribution in [0.5, 0.6) is 17.2 Å². The Bertz CT molecular complexity index is 759. The number of carbonyl (C=O) groups excluding carboxylic acids is 2. The van der Waals surface area contributed by atoms with E-state index in [9.17, 15) is 9.59 Å². The second-order valence-corrected chi connectivity index (χ2v) is 5.64. The van der Waals surface area contributed by atoms with Gasteiger partial charge in [0.15, 0.2) is 24.7 Å². The van der Waals surface area contributed by atoms with Gasteiger partial charge in [-0.05, 0) is 43.7 Å². The van der Waals surface area contributed by atoms with E-state index in [0.717, 1.165) is 11.1 Å². The van der Waals surface area contributed by atoms with Crippen LogP contribution in [0, 0.1) is 13.8 Å². The molecule has 0 heterocycles. The van der Waals surface area contributed by atoms with Crippen LogP contribution in [0.4, 0.5) is 0 Å². The van der Waals surface area contributed by atoms with E-state index >= 15 is 0 Å². The summed E-state index contributed by atoms with van der Waals surface area (Å²) in [4.78, 5) is 23.5. The van der Waals surface area contributed by atoms with Gasteiger partial charge in [0.1, 0.15) is 5.75 Å². The average molecular weight is 358 g/mol. The maximum absolute atomic E-state index is 11.8. The summed E-state index contributed by atoms with van der Waals surface area (Å²) in [6, 6.07) is 12.7. The highest BCUT2D eigenvalue weighted by molar-refractivity contribution is 5.83. The number of ether oxygens (including phenoxy) is 3. The van der Waals surface area contributed by atoms with E-state index in [0.29, 0.717) is 17.2 Å². The Balaban J connectivity index is 1.71. The standard InChI is InChI=1S/C19H22N2O5/c1-13-4-7-15(8-5-13)25-11-18(22)20-21-19(23)12-26-16-9-6-14(2)10-17(16)24-3/h4-10H,11-12H2,1-3H3,(H,20,22)(H,21,23). The minimum Gasteiger partial charge on any atom is -0.493 e. The molecule has 0 radical (unpaired) electrons. The number of rotatable bonds is 7. The molecule has 2 N–H and O–H groups in total. The first-order chi connectivity index (χ1) is 12.5. The lowest BCUT2D eigenvalue weighted by Crippen LogP contribution is -2.45. The van der Waals surface area contributed by atoms with Crippen molar-refractivity contribution in [3.05, 3.63) is 53.6 Å². The number of nitrogens with one attached hydrogen (secondary N) is 2. The van der Waals surface area contributed by atoms with Crippen LogP contribution in [-0.4, -0.2) is 32.1 Å². The Labute approximate surface area is 152 Å². The Morgan fingerprint density at radius 1 is 0.808 bits per heavy atom. The zero-order valence-corrected chi connectivity index (χ0v) is 15.0. The smallest absolute Gasteiger partial charge is 0.276 e. The van der Waals surface area contributed by atoms with Crippen molar-refractivity contribution in [3.63, 3.8) is 0 Å². The molecule has 0 aliphatic rings. The van der Waals surface area contributed by atoms with Crippen LogP contribution >= 0.6 is 0 Å². The first-order valence-electron chi connectivity index (χ1n) is 8.02. The molecule has 0 fully saturated rings. The molecule has 0 bridgehead atoms. The molecule has 2 amide bonds. The highest BCUT2D eigenvalue weighted by atomic mass is 16.5. The number of benzene rings is 2. The molecule has 0 aliphatic heterocycles. The van der Waals surface area contributed by atoms with Crippen molar-refractivity contribution >= 4 is 11.8 Å². The maximum Gasteiger partial charge on any atom is 0.276 e. The van der Waals surface area contributed by atoms with Gasteiger partial charge in [-0.25, -0.2) is 0 Å². The van der Waals surface area contributed by atoms with Gasteiger partial charge < -0.3 is 14.2 Å². The SMILES string of the molecule is COc1cc(C)ccc1OCC(=O)NNC(=O)COc1ccc(C)cc1. The van der Waals surface area contributed by atoms with Gasteiger partial charge in [0.2, 0.25) is 0 Å². The predicted molar refractivity (Wildman–Crippen MR) is 96.2 cm³/mol. The number of carbonyl (C=O) groups is 2. The molecule has 0 saturated carbocycles. The van der Waals surface area contributed by atoms with E-state index in [-0.39, 0.29) is 13.2 Å². The molecule has 0 saturated heterocycles. The lowest BCUT2D eigenvalue weighted by atomic mass is 10.2. The predicted octanol–water partition coefficient (Wildman–Crippen LogP) is 1.92. The molecular formula is C19H22N2O5. The highest BCUT2D eigenvalue weighted by Crippen LogP contribution is 2.27. The van der Waals surface area contributed by atoms with Crippen molar-refractivity contribution in [2.75, 3.05) is 20.3 Å². The van der Waals surface area contributed by atoms with Gasteiger partial charge in [-0.3, -0.25) is 20.4 Å². The third kappa shape index (κ3) is 6.01. The fraction of sp³-hybridized carbons (Fsp3) is 0.263. The van der Waals surface area contributed by atoms with Gasteiger partial charge in [-0.1, -0.05) is 23.8 Å². The second kappa shape index (κ2) is 9.31. The van der Waals surface area contributed by atoms with Gasteiger partial charge in [0, 0.05) is 0 Å². The van der Waals surface area contributed by atoms with E-state index < -0.39 is 11.8 Å². The molecule has 2 aromatic carbocycles. The summed E-state index contributed by atoms with van der Waals surface area (Å²) in [5, 5.41) is 0. The molecule has 2 aromatic rings. The number of hydrogen-bond donors (Lipinski definition) is 2. The summed E-state index contributed by atoms with van der Waals surface area (Å²) >= 11 is 0. The summed E-state index contributed by atoms with van der Waals surface area (Å²) in [5.74, 6) is 0.575. The fourth-order valence-corrected chi connectivity index (χ4v) is 2.03. The number of amides is 2. The first-order valence-corrected chi connectivity index (χ1v) is 8.02. The monoisotopic (exact) mass is 358 g/mol. The molecule has 7 nitrogen and oxygen atoms in total. The van der Waals surface area contributed by atoms with Crippen LogP contribution in [0.25, 0.3) is 0 Å². The summed E-state index contributed by atoms with van der Waals surface area (Å²) in [6.45, 7) is 3.40. The van der Waals surface area contributed by atoms with Gasteiger partial charge in [0.05, 0.1) is 7.11 Å². The number of methoxy groups -OCH3 is 1. The van der Waals surface area contributed by atoms with Crippen molar-refractivity contribution in [2.24, 2.45) is 0 Å². The highest BCUT2D eigenvalue weighted by Gasteiger charge is 2.09. The Hall–Kier alpha value is -3.22. The first kappa shape index (κ1) is 19.1. The van der Waals surface area contributed by atoms with Crippen molar-refractivity contribution < 1.29 is 23.8 Å². The third-order valence-corrected chi connectivity index (χ3v) is 3.41. The molecule has 0 spiro atoms. The number of hydrazine groups is 1. The molecule has 138 valence electrons. The minimum absolute atomic E-state index is 0.212. The van der Waals surface area contributed by atoms with E-state index in [4.69, 9.17) is 14.2 Å². The summed E-state index contributed by atoms with van der Waals surface area (Å²) in [5.41, 5.74) is 6.64. The Morgan fingerprint density at radius 2 is 1.38 bits per heavy atom. The molecule has 0 aromatic heterocycles. The van der Waals surface area contributed by atoms with Crippen molar-refractivity contribution in [2.45, 2.75) is 13.8 Å². The van der Waals surface area contributed by atoms with Crippen LogP contribution in [0.2, 0.25) is 0 Å². The quantitative estimate of drug-likeness (QED) is 0.739. The van der Waals surface area contributed by atoms with Crippen LogP contribution in [0.15, 0.2) is 42.5 Å². The molecule has 2 rings (SSSR count). The summed E-state index contributed by atoms with van der Waals surface area (Å²) in [7, 11) is 1.52. The molecule has 0 atom stereocenters. The molecule has 7 heteroatoms. The summed E-state index contributed by atoms with van der Waals surface area (Å²) < 4.78 is 15.9. The number of aryl methyl sites for hydroxylation is 2. The second-order valence-electron chi connectivity index (χ2n) is 5.64. The van der Waals surface area contributed by atoms with E-state index in [1.165, 1.54) is 7.11 Å². The van der Waals surface area contributed by atoms with Crippen LogP contribution in [0.1, 0.15) is 11.1 Å². The van der Waals surface area contributed by atoms with E-state index in [1.807, 2.05) is 32.0 Å². The zero-order chi connectivity index (χ0) is 18.9. The van der Waals surface area contributed by atoms with Crippen molar-refractivity contribution in [3.8, 4) is 17.2 Å². The third-order valence-electron chi connectivity index (χ3n) is 3.41. The molecular weight excluding hydrogens is 336 g/mol. The van der Waals surface area contributed by atoms with E-state index in [2.05, 4.69) is 10.9 Å². The molecule has 0 aliphatic carbocycles. The van der Waals surface area contributed by atoms with Crippen molar-refractivity contribution in [1.29, 1.82) is 0 Å². The molecule has 26 heavy (non-hydrogen) atoms. The normalized spacial score (nSPS) is 9.96. The lowest BCUT2D eigenvalue weighted by molar-refractivity contribution is -0.131. The maximum atomic E-state index is 11.8. The Morgan fingerprint density at radius 3 is 2.00 bits per heavy atom. The fourth-order valence-electron chi connectivity index (χ4n) is 2.03. The minimum atomic E-state index is -0.503. The molecule has 0 unspecified atom stereocenters. The largest absolute Gasteiger partial charge is 0.493 e. The topological polar surface area (TPSA) is 85.9 Å². The van der Waals surface area contributed by atoms with E-state index in [1.54, 1.807) is 24.3 Å². The van der Waals surface area contributed by atoms with Crippen molar-refractivity contribution in [1.82, 2.24) is 10.9 Å².